The van der Waals surface area contributed by atoms with E-state index in [-0.39, 0.29) is 12.1 Å². The number of alkyl halides is 3. The van der Waals surface area contributed by atoms with Crippen molar-refractivity contribution in [2.45, 2.75) is 6.36 Å². The topological polar surface area (TPSA) is 38.3 Å². The highest BCUT2D eigenvalue weighted by Crippen LogP contribution is 2.29. The van der Waals surface area contributed by atoms with E-state index in [9.17, 15) is 22.4 Å². The maximum absolute atomic E-state index is 13.1. The van der Waals surface area contributed by atoms with Crippen LogP contribution in [0.25, 0.3) is 0 Å². The second-order valence-corrected chi connectivity index (χ2v) is 2.43. The lowest BCUT2D eigenvalue weighted by molar-refractivity contribution is -0.275. The van der Waals surface area contributed by atoms with Gasteiger partial charge in [-0.3, -0.25) is 4.79 Å². The van der Waals surface area contributed by atoms with Gasteiger partial charge >= 0.3 is 6.36 Å². The maximum atomic E-state index is 13.1. The zero-order valence-corrected chi connectivity index (χ0v) is 7.14. The summed E-state index contributed by atoms with van der Waals surface area (Å²) in [6.45, 7) is 0. The largest absolute Gasteiger partial charge is 0.573 e. The smallest absolute Gasteiger partial charge is 0.403 e. The Balaban J connectivity index is 2.99. The summed E-state index contributed by atoms with van der Waals surface area (Å²) in [4.78, 5) is 9.98. The molecular weight excluding hydrogens is 218 g/mol. The Morgan fingerprint density at radius 3 is 2.53 bits per heavy atom. The zero-order chi connectivity index (χ0) is 11.5. The molecule has 0 fully saturated rings. The summed E-state index contributed by atoms with van der Waals surface area (Å²) in [5, 5.41) is 1.90. The van der Waals surface area contributed by atoms with Gasteiger partial charge in [0.1, 0.15) is 0 Å². The Labute approximate surface area is 81.6 Å². The molecule has 0 aliphatic heterocycles. The van der Waals surface area contributed by atoms with E-state index in [0.29, 0.717) is 0 Å². The molecule has 0 saturated heterocycles. The summed E-state index contributed by atoms with van der Waals surface area (Å²) in [5.41, 5.74) is -0.383. The molecule has 0 bridgehead atoms. The number of hydrogen-bond donors (Lipinski definition) is 1. The van der Waals surface area contributed by atoms with Gasteiger partial charge < -0.3 is 10.1 Å². The minimum atomic E-state index is -4.97. The van der Waals surface area contributed by atoms with Crippen molar-refractivity contribution < 1.29 is 27.1 Å². The van der Waals surface area contributed by atoms with Crippen LogP contribution in [0.4, 0.5) is 23.2 Å². The number of ether oxygens (including phenoxy) is 1. The van der Waals surface area contributed by atoms with E-state index >= 15 is 0 Å². The number of amides is 1. The van der Waals surface area contributed by atoms with Crippen LogP contribution < -0.4 is 10.1 Å². The van der Waals surface area contributed by atoms with Gasteiger partial charge in [-0.05, 0) is 12.1 Å². The molecule has 1 aromatic carbocycles. The molecule has 1 aromatic rings. The fraction of sp³-hybridized carbons (Fsp3) is 0.125. The maximum Gasteiger partial charge on any atom is 0.573 e. The Morgan fingerprint density at radius 1 is 1.33 bits per heavy atom. The van der Waals surface area contributed by atoms with Gasteiger partial charge in [-0.1, -0.05) is 6.07 Å². The molecule has 7 heteroatoms. The van der Waals surface area contributed by atoms with Crippen LogP contribution in [0.15, 0.2) is 18.2 Å². The van der Waals surface area contributed by atoms with E-state index in [1.165, 1.54) is 0 Å². The number of halogens is 4. The van der Waals surface area contributed by atoms with Gasteiger partial charge in [0.15, 0.2) is 11.6 Å². The Hall–Kier alpha value is -1.79. The van der Waals surface area contributed by atoms with Crippen LogP contribution in [-0.4, -0.2) is 12.8 Å². The highest BCUT2D eigenvalue weighted by Gasteiger charge is 2.32. The number of rotatable bonds is 3. The van der Waals surface area contributed by atoms with Crippen LogP contribution in [-0.2, 0) is 4.79 Å². The molecule has 3 nitrogen and oxygen atoms in total. The molecule has 0 unspecified atom stereocenters. The third kappa shape index (κ3) is 3.12. The summed E-state index contributed by atoms with van der Waals surface area (Å²) in [6.07, 6.45) is -4.82. The molecule has 0 radical (unpaired) electrons. The molecule has 1 amide bonds. The van der Waals surface area contributed by atoms with E-state index in [2.05, 4.69) is 4.74 Å². The first kappa shape index (κ1) is 11.3. The molecule has 0 atom stereocenters. The molecule has 1 N–H and O–H groups in total. The predicted octanol–water partition coefficient (Wildman–Crippen LogP) is 2.29. The van der Waals surface area contributed by atoms with Crippen LogP contribution >= 0.6 is 0 Å². The number of benzene rings is 1. The SMILES string of the molecule is O=CNc1cccc(OC(F)(F)F)c1F. The molecule has 0 saturated carbocycles. The first-order chi connectivity index (χ1) is 6.94. The number of nitrogens with one attached hydrogen (secondary N) is 1. The van der Waals surface area contributed by atoms with Crippen molar-refractivity contribution in [2.75, 3.05) is 5.32 Å². The van der Waals surface area contributed by atoms with Crippen molar-refractivity contribution in [3.63, 3.8) is 0 Å². The number of carbonyl (C=O) groups excluding carboxylic acids is 1. The molecule has 0 aromatic heterocycles. The average Bonchev–Trinajstić information content (AvgIpc) is 2.10. The summed E-state index contributed by atoms with van der Waals surface area (Å²) in [7, 11) is 0. The average molecular weight is 223 g/mol. The first-order valence-corrected chi connectivity index (χ1v) is 3.68. The fourth-order valence-corrected chi connectivity index (χ4v) is 0.889. The van der Waals surface area contributed by atoms with Gasteiger partial charge in [-0.2, -0.15) is 0 Å². The quantitative estimate of drug-likeness (QED) is 0.630. The molecular formula is C8H5F4NO2. The van der Waals surface area contributed by atoms with Crippen molar-refractivity contribution in [1.29, 1.82) is 0 Å². The second kappa shape index (κ2) is 4.16. The Kier molecular flexibility index (Phi) is 3.13. The summed E-state index contributed by atoms with van der Waals surface area (Å²) >= 11 is 0. The van der Waals surface area contributed by atoms with Crippen molar-refractivity contribution in [3.05, 3.63) is 24.0 Å². The van der Waals surface area contributed by atoms with E-state index in [1.54, 1.807) is 0 Å². The molecule has 15 heavy (non-hydrogen) atoms. The lowest BCUT2D eigenvalue weighted by atomic mass is 10.3. The molecule has 0 spiro atoms. The van der Waals surface area contributed by atoms with Crippen molar-refractivity contribution in [1.82, 2.24) is 0 Å². The number of carbonyl (C=O) groups is 1. The van der Waals surface area contributed by atoms with Gasteiger partial charge in [-0.15, -0.1) is 13.2 Å². The molecule has 1 rings (SSSR count). The van der Waals surface area contributed by atoms with Gasteiger partial charge in [-0.25, -0.2) is 4.39 Å². The molecule has 0 heterocycles. The van der Waals surface area contributed by atoms with Crippen LogP contribution in [0.5, 0.6) is 5.75 Å². The van der Waals surface area contributed by atoms with Crippen LogP contribution in [0.3, 0.4) is 0 Å². The van der Waals surface area contributed by atoms with E-state index < -0.39 is 17.9 Å². The van der Waals surface area contributed by atoms with Gasteiger partial charge in [0.2, 0.25) is 6.41 Å². The Bertz CT molecular complexity index is 364. The van der Waals surface area contributed by atoms with Crippen molar-refractivity contribution in [2.24, 2.45) is 0 Å². The number of hydrogen-bond acceptors (Lipinski definition) is 2. The zero-order valence-electron chi connectivity index (χ0n) is 7.14. The lowest BCUT2D eigenvalue weighted by Crippen LogP contribution is -2.18. The normalized spacial score (nSPS) is 10.9. The van der Waals surface area contributed by atoms with Gasteiger partial charge in [0, 0.05) is 0 Å². The first-order valence-electron chi connectivity index (χ1n) is 3.68. The van der Waals surface area contributed by atoms with Gasteiger partial charge in [0.25, 0.3) is 0 Å². The van der Waals surface area contributed by atoms with Crippen LogP contribution in [0, 0.1) is 5.82 Å². The van der Waals surface area contributed by atoms with Crippen molar-refractivity contribution in [3.8, 4) is 5.75 Å². The summed E-state index contributed by atoms with van der Waals surface area (Å²) in [5.74, 6) is -2.27. The minimum Gasteiger partial charge on any atom is -0.403 e. The monoisotopic (exact) mass is 223 g/mol. The second-order valence-electron chi connectivity index (χ2n) is 2.43. The van der Waals surface area contributed by atoms with Gasteiger partial charge in [0.05, 0.1) is 5.69 Å². The van der Waals surface area contributed by atoms with E-state index in [0.717, 1.165) is 18.2 Å². The molecule has 82 valence electrons. The summed E-state index contributed by atoms with van der Waals surface area (Å²) in [6, 6.07) is 3.03. The highest BCUT2D eigenvalue weighted by molar-refractivity contribution is 5.72. The molecule has 0 aliphatic rings. The standard InChI is InChI=1S/C8H5F4NO2/c9-7-5(13-4-14)2-1-3-6(7)15-8(10,11)12/h1-4H,(H,13,14). The minimum absolute atomic E-state index is 0.149. The van der Waals surface area contributed by atoms with E-state index in [4.69, 9.17) is 0 Å². The van der Waals surface area contributed by atoms with E-state index in [1.807, 2.05) is 5.32 Å². The van der Waals surface area contributed by atoms with Crippen molar-refractivity contribution >= 4 is 12.1 Å². The predicted molar refractivity (Wildman–Crippen MR) is 42.8 cm³/mol. The highest BCUT2D eigenvalue weighted by atomic mass is 19.4. The third-order valence-electron chi connectivity index (χ3n) is 1.40. The Morgan fingerprint density at radius 2 is 2.00 bits per heavy atom. The van der Waals surface area contributed by atoms with Crippen LogP contribution in [0.2, 0.25) is 0 Å². The summed E-state index contributed by atoms with van der Waals surface area (Å²) < 4.78 is 51.8. The van der Waals surface area contributed by atoms with Crippen LogP contribution in [0.1, 0.15) is 0 Å². The fourth-order valence-electron chi connectivity index (χ4n) is 0.889. The molecule has 0 aliphatic carbocycles. The third-order valence-corrected chi connectivity index (χ3v) is 1.40. The lowest BCUT2D eigenvalue weighted by Gasteiger charge is -2.10. The number of anilines is 1.